The molecule has 0 fully saturated rings. The third-order valence-corrected chi connectivity index (χ3v) is 15.0. The number of nitrogens with one attached hydrogen (secondary N) is 1. The van der Waals surface area contributed by atoms with Crippen LogP contribution in [0.25, 0.3) is 10.9 Å². The number of allylic oxidation sites excluding steroid dienone is 1. The number of benzene rings is 3. The Morgan fingerprint density at radius 2 is 1.42 bits per heavy atom. The normalized spacial score (nSPS) is 18.9. The zero-order valence-electron chi connectivity index (χ0n) is 26.3. The molecule has 1 aliphatic rings. The molecule has 4 aromatic rings. The van der Waals surface area contributed by atoms with Crippen LogP contribution in [0.1, 0.15) is 64.2 Å². The van der Waals surface area contributed by atoms with Gasteiger partial charge in [0.2, 0.25) is 8.32 Å². The number of rotatable bonds is 10. The van der Waals surface area contributed by atoms with Crippen molar-refractivity contribution in [2.24, 2.45) is 0 Å². The van der Waals surface area contributed by atoms with Crippen LogP contribution in [0.4, 0.5) is 0 Å². The lowest BCUT2D eigenvalue weighted by molar-refractivity contribution is -0.0888. The third kappa shape index (κ3) is 6.83. The summed E-state index contributed by atoms with van der Waals surface area (Å²) in [6, 6.07) is 28.9. The number of H-pyrrole nitrogens is 1. The molecule has 0 spiro atoms. The van der Waals surface area contributed by atoms with Crippen molar-refractivity contribution in [1.29, 1.82) is 0 Å². The lowest BCUT2D eigenvalue weighted by atomic mass is 9.87. The summed E-state index contributed by atoms with van der Waals surface area (Å²) in [5, 5.41) is 1.18. The van der Waals surface area contributed by atoms with Gasteiger partial charge in [0.1, 0.15) is 12.2 Å². The van der Waals surface area contributed by atoms with Crippen LogP contribution in [0.15, 0.2) is 103 Å². The second kappa shape index (κ2) is 13.8. The minimum Gasteiger partial charge on any atom is -0.477 e. The zero-order chi connectivity index (χ0) is 30.4. The highest BCUT2D eigenvalue weighted by Gasteiger charge is 2.47. The van der Waals surface area contributed by atoms with Crippen LogP contribution < -0.4 is 0 Å². The summed E-state index contributed by atoms with van der Waals surface area (Å²) >= 11 is 0. The summed E-state index contributed by atoms with van der Waals surface area (Å²) in [5.74, 6) is 7.25. The number of para-hydroxylation sites is 1. The van der Waals surface area contributed by atoms with Gasteiger partial charge in [0.25, 0.3) is 0 Å². The molecule has 43 heavy (non-hydrogen) atoms. The van der Waals surface area contributed by atoms with E-state index in [1.165, 1.54) is 10.9 Å². The Bertz CT molecular complexity index is 1540. The first-order valence-electron chi connectivity index (χ1n) is 15.6. The quantitative estimate of drug-likeness (QED) is 0.148. The molecule has 0 saturated carbocycles. The van der Waals surface area contributed by atoms with Crippen molar-refractivity contribution in [3.8, 4) is 11.8 Å². The van der Waals surface area contributed by atoms with Crippen LogP contribution in [0.2, 0.25) is 16.6 Å². The molecule has 0 amide bonds. The maximum atomic E-state index is 7.15. The van der Waals surface area contributed by atoms with E-state index in [-0.39, 0.29) is 18.1 Å². The molecular formula is C38H45NO3Si. The van der Waals surface area contributed by atoms with Gasteiger partial charge in [0.15, 0.2) is 5.76 Å². The van der Waals surface area contributed by atoms with E-state index in [9.17, 15) is 0 Å². The maximum absolute atomic E-state index is 7.15. The molecule has 1 N–H and O–H groups in total. The molecule has 2 heterocycles. The van der Waals surface area contributed by atoms with Crippen molar-refractivity contribution in [3.05, 3.63) is 120 Å². The summed E-state index contributed by atoms with van der Waals surface area (Å²) in [5.41, 5.74) is 5.78. The predicted molar refractivity (Wildman–Crippen MR) is 179 cm³/mol. The van der Waals surface area contributed by atoms with Crippen LogP contribution in [0.3, 0.4) is 0 Å². The lowest BCUT2D eigenvalue weighted by Gasteiger charge is -2.44. The molecule has 1 aromatic heterocycles. The summed E-state index contributed by atoms with van der Waals surface area (Å²) in [6.45, 7) is 14.9. The van der Waals surface area contributed by atoms with Gasteiger partial charge in [-0.1, -0.05) is 114 Å². The lowest BCUT2D eigenvalue weighted by Crippen LogP contribution is -2.51. The maximum Gasteiger partial charge on any atom is 0.200 e. The Morgan fingerprint density at radius 1 is 0.791 bits per heavy atom. The minimum absolute atomic E-state index is 0.0736. The summed E-state index contributed by atoms with van der Waals surface area (Å²) in [4.78, 5) is 3.48. The van der Waals surface area contributed by atoms with Crippen LogP contribution in [0.5, 0.6) is 0 Å². The molecule has 0 bridgehead atoms. The van der Waals surface area contributed by atoms with Gasteiger partial charge in [-0.3, -0.25) is 0 Å². The highest BCUT2D eigenvalue weighted by Crippen LogP contribution is 2.44. The topological polar surface area (TPSA) is 43.5 Å². The van der Waals surface area contributed by atoms with Crippen LogP contribution in [0, 0.1) is 11.8 Å². The van der Waals surface area contributed by atoms with Gasteiger partial charge in [0.05, 0.1) is 13.2 Å². The fraction of sp³-hybridized carbons (Fsp3) is 0.368. The molecule has 5 rings (SSSR count). The molecule has 0 saturated heterocycles. The van der Waals surface area contributed by atoms with Gasteiger partial charge in [-0.05, 0) is 57.9 Å². The standard InChI is InChI=1S/C38H45NO3Si/c1-27(2)43(28(3)4,29(5)6)41-26-37-38(40-25-31-17-11-8-12-18-31)34(35-24-39-36-20-14-13-19-33(35)36)23-32(42-37)22-21-30-15-9-7-10-16-30/h7-20,23-24,27-29,34,37-39H,25-26H2,1-6H3/t34-,37+,38-/m0/s1. The summed E-state index contributed by atoms with van der Waals surface area (Å²) in [6.07, 6.45) is 3.68. The monoisotopic (exact) mass is 591 g/mol. The number of aromatic amines is 1. The molecule has 0 radical (unpaired) electrons. The number of hydrogen-bond acceptors (Lipinski definition) is 3. The van der Waals surface area contributed by atoms with Gasteiger partial charge in [-0.15, -0.1) is 0 Å². The number of aromatic nitrogens is 1. The van der Waals surface area contributed by atoms with Gasteiger partial charge >= 0.3 is 0 Å². The van der Waals surface area contributed by atoms with Gasteiger partial charge in [-0.2, -0.15) is 0 Å². The SMILES string of the molecule is CC(C)[Si](OC[C@H]1OC(C#Cc2ccccc2)=C[C@@H](c2c[nH]c3ccccc23)[C@@H]1OCc1ccccc1)(C(C)C)C(C)C. The molecule has 1 aliphatic heterocycles. The van der Waals surface area contributed by atoms with E-state index < -0.39 is 8.32 Å². The van der Waals surface area contributed by atoms with E-state index in [0.29, 0.717) is 35.6 Å². The van der Waals surface area contributed by atoms with Gasteiger partial charge in [0, 0.05) is 28.6 Å². The van der Waals surface area contributed by atoms with Gasteiger partial charge in [-0.25, -0.2) is 0 Å². The van der Waals surface area contributed by atoms with Crippen molar-refractivity contribution >= 4 is 19.2 Å². The Morgan fingerprint density at radius 3 is 2.09 bits per heavy atom. The highest BCUT2D eigenvalue weighted by atomic mass is 28.4. The molecule has 5 heteroatoms. The fourth-order valence-corrected chi connectivity index (χ4v) is 12.4. The molecule has 3 atom stereocenters. The Balaban J connectivity index is 1.57. The third-order valence-electron chi connectivity index (χ3n) is 8.90. The minimum atomic E-state index is -2.15. The average molecular weight is 592 g/mol. The molecular weight excluding hydrogens is 547 g/mol. The average Bonchev–Trinajstić information content (AvgIpc) is 3.44. The van der Waals surface area contributed by atoms with Crippen molar-refractivity contribution in [2.45, 2.75) is 82.9 Å². The van der Waals surface area contributed by atoms with E-state index >= 15 is 0 Å². The van der Waals surface area contributed by atoms with Gasteiger partial charge < -0.3 is 18.9 Å². The fourth-order valence-electron chi connectivity index (χ4n) is 6.95. The van der Waals surface area contributed by atoms with Crippen molar-refractivity contribution < 1.29 is 13.9 Å². The predicted octanol–water partition coefficient (Wildman–Crippen LogP) is 9.36. The molecule has 4 nitrogen and oxygen atoms in total. The molecule has 3 aromatic carbocycles. The first-order valence-corrected chi connectivity index (χ1v) is 17.7. The first kappa shape index (κ1) is 30.9. The zero-order valence-corrected chi connectivity index (χ0v) is 27.3. The van der Waals surface area contributed by atoms with E-state index in [1.54, 1.807) is 0 Å². The van der Waals surface area contributed by atoms with Crippen molar-refractivity contribution in [2.75, 3.05) is 6.61 Å². The Kier molecular flexibility index (Phi) is 9.92. The first-order chi connectivity index (χ1) is 20.8. The molecule has 0 unspecified atom stereocenters. The Hall–Kier alpha value is -3.56. The van der Waals surface area contributed by atoms with Crippen LogP contribution >= 0.6 is 0 Å². The number of hydrogen-bond donors (Lipinski definition) is 1. The molecule has 0 aliphatic carbocycles. The number of fused-ring (bicyclic) bond motifs is 1. The number of ether oxygens (including phenoxy) is 2. The summed E-state index contributed by atoms with van der Waals surface area (Å²) < 4.78 is 20.7. The highest BCUT2D eigenvalue weighted by molar-refractivity contribution is 6.77. The van der Waals surface area contributed by atoms with Crippen LogP contribution in [-0.4, -0.2) is 32.1 Å². The van der Waals surface area contributed by atoms with Crippen molar-refractivity contribution in [3.63, 3.8) is 0 Å². The van der Waals surface area contributed by atoms with E-state index in [4.69, 9.17) is 13.9 Å². The van der Waals surface area contributed by atoms with E-state index in [1.807, 2.05) is 36.4 Å². The Labute approximate surface area is 258 Å². The van der Waals surface area contributed by atoms with Crippen molar-refractivity contribution in [1.82, 2.24) is 4.98 Å². The summed E-state index contributed by atoms with van der Waals surface area (Å²) in [7, 11) is -2.15. The van der Waals surface area contributed by atoms with Crippen LogP contribution in [-0.2, 0) is 20.5 Å². The second-order valence-electron chi connectivity index (χ2n) is 12.5. The van der Waals surface area contributed by atoms with E-state index in [0.717, 1.165) is 16.6 Å². The largest absolute Gasteiger partial charge is 0.477 e. The molecule has 224 valence electrons. The van der Waals surface area contributed by atoms with E-state index in [2.05, 4.69) is 119 Å². The second-order valence-corrected chi connectivity index (χ2v) is 18.0. The smallest absolute Gasteiger partial charge is 0.200 e.